The van der Waals surface area contributed by atoms with E-state index in [-0.39, 0.29) is 6.10 Å². The fourth-order valence-electron chi connectivity index (χ4n) is 4.05. The van der Waals surface area contributed by atoms with Gasteiger partial charge >= 0.3 is 0 Å². The van der Waals surface area contributed by atoms with Crippen LogP contribution in [0.2, 0.25) is 5.02 Å². The predicted molar refractivity (Wildman–Crippen MR) is 125 cm³/mol. The van der Waals surface area contributed by atoms with Crippen LogP contribution in [0.25, 0.3) is 0 Å². The van der Waals surface area contributed by atoms with Crippen LogP contribution in [-0.4, -0.2) is 81.5 Å². The topological polar surface area (TPSA) is 92.0 Å². The van der Waals surface area contributed by atoms with E-state index in [0.29, 0.717) is 40.7 Å². The van der Waals surface area contributed by atoms with E-state index in [9.17, 15) is 0 Å². The van der Waals surface area contributed by atoms with E-state index < -0.39 is 0 Å². The largest absolute Gasteiger partial charge is 0.494 e. The molecule has 2 aliphatic heterocycles. The second-order valence-corrected chi connectivity index (χ2v) is 8.73. The van der Waals surface area contributed by atoms with Gasteiger partial charge in [-0.05, 0) is 26.6 Å². The van der Waals surface area contributed by atoms with Crippen LogP contribution in [0, 0.1) is 0 Å². The maximum Gasteiger partial charge on any atom is 0.229 e. The summed E-state index contributed by atoms with van der Waals surface area (Å²) in [5, 5.41) is 3.78. The van der Waals surface area contributed by atoms with Gasteiger partial charge in [0, 0.05) is 32.7 Å². The van der Waals surface area contributed by atoms with Crippen molar-refractivity contribution in [3.63, 3.8) is 0 Å². The Hall–Kier alpha value is -2.49. The SMILES string of the molecule is COc1cc(N(C)CCN(C)C)c(N)cc1Nc1ncc(Cl)c(N2C[C@@H]3C[C@H]2CO3)n1. The van der Waals surface area contributed by atoms with E-state index in [2.05, 4.69) is 30.0 Å². The lowest BCUT2D eigenvalue weighted by molar-refractivity contribution is 0.0989. The number of nitrogens with two attached hydrogens (primary N) is 1. The van der Waals surface area contributed by atoms with Gasteiger partial charge in [-0.15, -0.1) is 0 Å². The molecule has 1 aromatic carbocycles. The van der Waals surface area contributed by atoms with Gasteiger partial charge in [0.25, 0.3) is 0 Å². The summed E-state index contributed by atoms with van der Waals surface area (Å²) >= 11 is 6.42. The first-order chi connectivity index (χ1) is 14.9. The van der Waals surface area contributed by atoms with Crippen molar-refractivity contribution >= 4 is 40.4 Å². The normalized spacial score (nSPS) is 19.9. The van der Waals surface area contributed by atoms with Crippen molar-refractivity contribution < 1.29 is 9.47 Å². The zero-order valence-corrected chi connectivity index (χ0v) is 19.2. The number of likely N-dealkylation sites (N-methyl/N-ethyl adjacent to an activating group) is 2. The molecule has 0 unspecified atom stereocenters. The summed E-state index contributed by atoms with van der Waals surface area (Å²) in [6.07, 6.45) is 2.89. The first kappa shape index (κ1) is 21.7. The fourth-order valence-corrected chi connectivity index (χ4v) is 4.25. The van der Waals surface area contributed by atoms with E-state index in [1.54, 1.807) is 13.3 Å². The van der Waals surface area contributed by atoms with Crippen LogP contribution in [0.1, 0.15) is 6.42 Å². The Morgan fingerprint density at radius 1 is 1.32 bits per heavy atom. The van der Waals surface area contributed by atoms with Crippen molar-refractivity contribution in [2.45, 2.75) is 18.6 Å². The van der Waals surface area contributed by atoms with E-state index in [0.717, 1.165) is 37.6 Å². The Labute approximate surface area is 188 Å². The minimum atomic E-state index is 0.254. The van der Waals surface area contributed by atoms with Crippen molar-refractivity contribution in [1.29, 1.82) is 0 Å². The third-order valence-electron chi connectivity index (χ3n) is 5.79. The highest BCUT2D eigenvalue weighted by molar-refractivity contribution is 6.32. The summed E-state index contributed by atoms with van der Waals surface area (Å²) < 4.78 is 11.3. The number of fused-ring (bicyclic) bond motifs is 2. The highest BCUT2D eigenvalue weighted by Crippen LogP contribution is 2.38. The summed E-state index contributed by atoms with van der Waals surface area (Å²) in [6.45, 7) is 3.27. The van der Waals surface area contributed by atoms with Gasteiger partial charge in [-0.1, -0.05) is 11.6 Å². The summed E-state index contributed by atoms with van der Waals surface area (Å²) in [5.41, 5.74) is 8.62. The molecule has 2 fully saturated rings. The monoisotopic (exact) mass is 447 g/mol. The van der Waals surface area contributed by atoms with Crippen LogP contribution in [0.15, 0.2) is 18.3 Å². The molecule has 4 rings (SSSR count). The van der Waals surface area contributed by atoms with Crippen molar-refractivity contribution in [2.24, 2.45) is 0 Å². The van der Waals surface area contributed by atoms with Gasteiger partial charge in [0.15, 0.2) is 5.82 Å². The molecule has 2 aromatic rings. The average molecular weight is 448 g/mol. The Morgan fingerprint density at radius 3 is 2.77 bits per heavy atom. The molecule has 3 heterocycles. The van der Waals surface area contributed by atoms with E-state index >= 15 is 0 Å². The van der Waals surface area contributed by atoms with Crippen LogP contribution < -0.4 is 25.6 Å². The number of hydrogen-bond acceptors (Lipinski definition) is 9. The molecule has 9 nitrogen and oxygen atoms in total. The van der Waals surface area contributed by atoms with Gasteiger partial charge in [-0.25, -0.2) is 4.98 Å². The molecule has 0 aliphatic carbocycles. The zero-order valence-electron chi connectivity index (χ0n) is 18.4. The molecule has 0 saturated carbocycles. The van der Waals surface area contributed by atoms with Gasteiger partial charge in [0.2, 0.25) is 5.95 Å². The quantitative estimate of drug-likeness (QED) is 0.592. The van der Waals surface area contributed by atoms with Crippen LogP contribution >= 0.6 is 11.6 Å². The van der Waals surface area contributed by atoms with E-state index in [1.165, 1.54) is 0 Å². The number of methoxy groups -OCH3 is 1. The summed E-state index contributed by atoms with van der Waals surface area (Å²) in [7, 11) is 7.75. The number of halogens is 1. The minimum absolute atomic E-state index is 0.254. The van der Waals surface area contributed by atoms with E-state index in [4.69, 9.17) is 26.8 Å². The third-order valence-corrected chi connectivity index (χ3v) is 6.05. The number of hydrogen-bond donors (Lipinski definition) is 2. The number of aromatic nitrogens is 2. The molecule has 1 aromatic heterocycles. The molecule has 0 spiro atoms. The third kappa shape index (κ3) is 4.58. The molecule has 0 amide bonds. The van der Waals surface area contributed by atoms with Crippen LogP contribution in [0.3, 0.4) is 0 Å². The molecule has 2 aliphatic rings. The second kappa shape index (κ2) is 8.94. The maximum absolute atomic E-state index is 6.42. The first-order valence-electron chi connectivity index (χ1n) is 10.4. The Balaban J connectivity index is 1.56. The van der Waals surface area contributed by atoms with Crippen molar-refractivity contribution in [1.82, 2.24) is 14.9 Å². The van der Waals surface area contributed by atoms with Crippen molar-refractivity contribution in [2.75, 3.05) is 75.3 Å². The number of morpholine rings is 1. The van der Waals surface area contributed by atoms with Gasteiger partial charge in [-0.3, -0.25) is 0 Å². The molecule has 10 heteroatoms. The summed E-state index contributed by atoms with van der Waals surface area (Å²) in [6, 6.07) is 4.09. The van der Waals surface area contributed by atoms with E-state index in [1.807, 2.05) is 33.3 Å². The molecule has 31 heavy (non-hydrogen) atoms. The highest BCUT2D eigenvalue weighted by atomic mass is 35.5. The lowest BCUT2D eigenvalue weighted by Crippen LogP contribution is -2.37. The molecule has 2 atom stereocenters. The number of rotatable bonds is 8. The second-order valence-electron chi connectivity index (χ2n) is 8.32. The van der Waals surface area contributed by atoms with Gasteiger partial charge in [0.05, 0.1) is 49.1 Å². The highest BCUT2D eigenvalue weighted by Gasteiger charge is 2.40. The number of nitrogens with one attached hydrogen (secondary N) is 1. The lowest BCUT2D eigenvalue weighted by atomic mass is 10.2. The smallest absolute Gasteiger partial charge is 0.229 e. The van der Waals surface area contributed by atoms with Gasteiger partial charge in [-0.2, -0.15) is 4.98 Å². The standard InChI is InChI=1S/C21H30ClN7O2/c1-27(2)5-6-28(3)18-9-19(30-4)17(8-16(18)23)25-21-24-10-15(22)20(26-21)29-11-14-7-13(29)12-31-14/h8-10,13-14H,5-7,11-12,23H2,1-4H3,(H,24,25,26)/t13-,14-/m0/s1. The van der Waals surface area contributed by atoms with Crippen LogP contribution in [0.4, 0.5) is 28.8 Å². The molecule has 2 bridgehead atoms. The minimum Gasteiger partial charge on any atom is -0.494 e. The molecule has 168 valence electrons. The van der Waals surface area contributed by atoms with Crippen LogP contribution in [0.5, 0.6) is 5.75 Å². The fraction of sp³-hybridized carbons (Fsp3) is 0.524. The molecular weight excluding hydrogens is 418 g/mol. The number of ether oxygens (including phenoxy) is 2. The maximum atomic E-state index is 6.42. The average Bonchev–Trinajstić information content (AvgIpc) is 3.37. The Morgan fingerprint density at radius 2 is 2.13 bits per heavy atom. The molecule has 0 radical (unpaired) electrons. The first-order valence-corrected chi connectivity index (χ1v) is 10.7. The molecule has 3 N–H and O–H groups in total. The van der Waals surface area contributed by atoms with Gasteiger partial charge < -0.3 is 35.2 Å². The van der Waals surface area contributed by atoms with Crippen molar-refractivity contribution in [3.8, 4) is 5.75 Å². The lowest BCUT2D eigenvalue weighted by Gasteiger charge is -2.28. The zero-order chi connectivity index (χ0) is 22.1. The summed E-state index contributed by atoms with van der Waals surface area (Å²) in [4.78, 5) is 15.5. The Bertz CT molecular complexity index is 942. The number of benzene rings is 1. The number of nitrogen functional groups attached to an aromatic ring is 1. The van der Waals surface area contributed by atoms with Crippen molar-refractivity contribution in [3.05, 3.63) is 23.4 Å². The Kier molecular flexibility index (Phi) is 6.27. The number of anilines is 5. The van der Waals surface area contributed by atoms with Crippen LogP contribution in [-0.2, 0) is 4.74 Å². The summed E-state index contributed by atoms with van der Waals surface area (Å²) in [5.74, 6) is 1.83. The molecule has 2 saturated heterocycles. The molecular formula is C21H30ClN7O2. The van der Waals surface area contributed by atoms with Gasteiger partial charge in [0.1, 0.15) is 10.8 Å². The number of nitrogens with zero attached hydrogens (tertiary/aromatic N) is 5. The predicted octanol–water partition coefficient (Wildman–Crippen LogP) is 2.44.